The number of Topliss-reactive ketones (excluding diaryl/α,β-unsaturated/α-hetero) is 1. The van der Waals surface area contributed by atoms with Crippen LogP contribution in [0, 0.1) is 11.8 Å². The zero-order valence-corrected chi connectivity index (χ0v) is 12.2. The highest BCUT2D eigenvalue weighted by molar-refractivity contribution is 9.10. The molecule has 1 fully saturated rings. The molecular formula is C15H17BrO3. The van der Waals surface area contributed by atoms with Crippen LogP contribution < -0.4 is 0 Å². The molecule has 2 unspecified atom stereocenters. The molecule has 4 heteroatoms. The van der Waals surface area contributed by atoms with Crippen LogP contribution in [-0.2, 0) is 4.79 Å². The summed E-state index contributed by atoms with van der Waals surface area (Å²) in [4.78, 5) is 23.4. The van der Waals surface area contributed by atoms with Crippen LogP contribution in [-0.4, -0.2) is 16.9 Å². The molecule has 0 aliphatic heterocycles. The van der Waals surface area contributed by atoms with Gasteiger partial charge in [-0.25, -0.2) is 0 Å². The molecule has 102 valence electrons. The van der Waals surface area contributed by atoms with Gasteiger partial charge in [-0.2, -0.15) is 0 Å². The standard InChI is InChI=1S/C15H17BrO3/c16-12-6-3-5-11(8-12)14(17)9-10-4-1-2-7-13(10)15(18)19/h3,5-6,8,10,13H,1-2,4,7,9H2,(H,18,19). The highest BCUT2D eigenvalue weighted by Crippen LogP contribution is 2.33. The Hall–Kier alpha value is -1.16. The number of carbonyl (C=O) groups excluding carboxylic acids is 1. The third-order valence-corrected chi connectivity index (χ3v) is 4.31. The second kappa shape index (κ2) is 6.33. The van der Waals surface area contributed by atoms with Crippen molar-refractivity contribution >= 4 is 27.7 Å². The Bertz CT molecular complexity index is 484. The lowest BCUT2D eigenvalue weighted by molar-refractivity contribution is -0.144. The number of hydrogen-bond donors (Lipinski definition) is 1. The van der Waals surface area contributed by atoms with Crippen molar-refractivity contribution in [2.45, 2.75) is 32.1 Å². The Morgan fingerprint density at radius 1 is 1.26 bits per heavy atom. The topological polar surface area (TPSA) is 54.4 Å². The Morgan fingerprint density at radius 3 is 2.68 bits per heavy atom. The lowest BCUT2D eigenvalue weighted by atomic mass is 9.76. The summed E-state index contributed by atoms with van der Waals surface area (Å²) in [6.45, 7) is 0. The number of hydrogen-bond acceptors (Lipinski definition) is 2. The molecular weight excluding hydrogens is 308 g/mol. The van der Waals surface area contributed by atoms with E-state index >= 15 is 0 Å². The van der Waals surface area contributed by atoms with Gasteiger partial charge in [0.05, 0.1) is 5.92 Å². The highest BCUT2D eigenvalue weighted by Gasteiger charge is 2.32. The molecule has 1 aromatic rings. The van der Waals surface area contributed by atoms with Crippen molar-refractivity contribution in [3.63, 3.8) is 0 Å². The van der Waals surface area contributed by atoms with Crippen LogP contribution in [0.4, 0.5) is 0 Å². The fourth-order valence-electron chi connectivity index (χ4n) is 2.80. The van der Waals surface area contributed by atoms with Crippen molar-refractivity contribution in [1.29, 1.82) is 0 Å². The van der Waals surface area contributed by atoms with Gasteiger partial charge in [0.2, 0.25) is 0 Å². The SMILES string of the molecule is O=C(CC1CCCCC1C(=O)O)c1cccc(Br)c1. The van der Waals surface area contributed by atoms with Gasteiger partial charge >= 0.3 is 5.97 Å². The first-order chi connectivity index (χ1) is 9.08. The van der Waals surface area contributed by atoms with Gasteiger partial charge in [0.25, 0.3) is 0 Å². The summed E-state index contributed by atoms with van der Waals surface area (Å²) in [6.07, 6.45) is 3.87. The van der Waals surface area contributed by atoms with E-state index < -0.39 is 5.97 Å². The Labute approximate surface area is 121 Å². The summed E-state index contributed by atoms with van der Waals surface area (Å²) in [6, 6.07) is 7.27. The molecule has 0 aromatic heterocycles. The minimum absolute atomic E-state index is 0.0160. The number of benzene rings is 1. The van der Waals surface area contributed by atoms with Crippen molar-refractivity contribution in [1.82, 2.24) is 0 Å². The number of halogens is 1. The van der Waals surface area contributed by atoms with E-state index in [4.69, 9.17) is 0 Å². The van der Waals surface area contributed by atoms with E-state index in [2.05, 4.69) is 15.9 Å². The maximum absolute atomic E-state index is 12.2. The summed E-state index contributed by atoms with van der Waals surface area (Å²) in [7, 11) is 0. The number of aliphatic carboxylic acids is 1. The Morgan fingerprint density at radius 2 is 2.00 bits per heavy atom. The molecule has 2 atom stereocenters. The third kappa shape index (κ3) is 3.66. The highest BCUT2D eigenvalue weighted by atomic mass is 79.9. The van der Waals surface area contributed by atoms with Crippen LogP contribution in [0.25, 0.3) is 0 Å². The molecule has 1 aromatic carbocycles. The quantitative estimate of drug-likeness (QED) is 0.854. The van der Waals surface area contributed by atoms with E-state index in [0.29, 0.717) is 18.4 Å². The van der Waals surface area contributed by atoms with Crippen molar-refractivity contribution in [2.24, 2.45) is 11.8 Å². The van der Waals surface area contributed by atoms with Gasteiger partial charge in [-0.3, -0.25) is 9.59 Å². The smallest absolute Gasteiger partial charge is 0.306 e. The van der Waals surface area contributed by atoms with E-state index in [1.54, 1.807) is 12.1 Å². The largest absolute Gasteiger partial charge is 0.481 e. The first kappa shape index (κ1) is 14.3. The molecule has 2 rings (SSSR count). The van der Waals surface area contributed by atoms with Gasteiger partial charge in [0.15, 0.2) is 5.78 Å². The fourth-order valence-corrected chi connectivity index (χ4v) is 3.19. The zero-order chi connectivity index (χ0) is 13.8. The van der Waals surface area contributed by atoms with Crippen molar-refractivity contribution < 1.29 is 14.7 Å². The second-order valence-corrected chi connectivity index (χ2v) is 6.04. The van der Waals surface area contributed by atoms with Crippen LogP contribution >= 0.6 is 15.9 Å². The lowest BCUT2D eigenvalue weighted by Gasteiger charge is -2.27. The summed E-state index contributed by atoms with van der Waals surface area (Å²) < 4.78 is 0.872. The van der Waals surface area contributed by atoms with Crippen LogP contribution in [0.15, 0.2) is 28.7 Å². The number of carbonyl (C=O) groups is 2. The van der Waals surface area contributed by atoms with E-state index in [9.17, 15) is 14.7 Å². The molecule has 0 radical (unpaired) electrons. The number of carboxylic acids is 1. The van der Waals surface area contributed by atoms with Crippen LogP contribution in [0.1, 0.15) is 42.5 Å². The molecule has 0 saturated heterocycles. The zero-order valence-electron chi connectivity index (χ0n) is 10.6. The monoisotopic (exact) mass is 324 g/mol. The molecule has 1 saturated carbocycles. The molecule has 0 bridgehead atoms. The summed E-state index contributed by atoms with van der Waals surface area (Å²) in [5.41, 5.74) is 0.657. The average molecular weight is 325 g/mol. The van der Waals surface area contributed by atoms with E-state index in [0.717, 1.165) is 23.7 Å². The van der Waals surface area contributed by atoms with E-state index in [1.165, 1.54) is 0 Å². The van der Waals surface area contributed by atoms with E-state index in [-0.39, 0.29) is 17.6 Å². The van der Waals surface area contributed by atoms with Gasteiger partial charge in [0.1, 0.15) is 0 Å². The van der Waals surface area contributed by atoms with Crippen molar-refractivity contribution in [3.05, 3.63) is 34.3 Å². The summed E-state index contributed by atoms with van der Waals surface area (Å²) >= 11 is 3.34. The third-order valence-electron chi connectivity index (χ3n) is 3.82. The fraction of sp³-hybridized carbons (Fsp3) is 0.467. The number of rotatable bonds is 4. The number of ketones is 1. The average Bonchev–Trinajstić information content (AvgIpc) is 2.39. The predicted molar refractivity (Wildman–Crippen MR) is 76.2 cm³/mol. The normalized spacial score (nSPS) is 23.0. The van der Waals surface area contributed by atoms with Crippen molar-refractivity contribution in [3.8, 4) is 0 Å². The predicted octanol–water partition coefficient (Wildman–Crippen LogP) is 3.91. The summed E-state index contributed by atoms with van der Waals surface area (Å²) in [5, 5.41) is 9.22. The van der Waals surface area contributed by atoms with E-state index in [1.807, 2.05) is 12.1 Å². The maximum Gasteiger partial charge on any atom is 0.306 e. The second-order valence-electron chi connectivity index (χ2n) is 5.13. The maximum atomic E-state index is 12.2. The van der Waals surface area contributed by atoms with Gasteiger partial charge in [0, 0.05) is 16.5 Å². The summed E-state index contributed by atoms with van der Waals surface area (Å²) in [5.74, 6) is -1.09. The molecule has 0 spiro atoms. The minimum atomic E-state index is -0.758. The molecule has 19 heavy (non-hydrogen) atoms. The lowest BCUT2D eigenvalue weighted by Crippen LogP contribution is -2.28. The molecule has 1 aliphatic carbocycles. The molecule has 0 heterocycles. The van der Waals surface area contributed by atoms with Gasteiger partial charge in [-0.15, -0.1) is 0 Å². The van der Waals surface area contributed by atoms with Gasteiger partial charge < -0.3 is 5.11 Å². The minimum Gasteiger partial charge on any atom is -0.481 e. The first-order valence-electron chi connectivity index (χ1n) is 6.59. The number of carboxylic acid groups (broad SMARTS) is 1. The van der Waals surface area contributed by atoms with Gasteiger partial charge in [-0.05, 0) is 30.9 Å². The van der Waals surface area contributed by atoms with Crippen LogP contribution in [0.2, 0.25) is 0 Å². The molecule has 3 nitrogen and oxygen atoms in total. The molecule has 0 amide bonds. The first-order valence-corrected chi connectivity index (χ1v) is 7.39. The van der Waals surface area contributed by atoms with Gasteiger partial charge in [-0.1, -0.05) is 40.9 Å². The van der Waals surface area contributed by atoms with Crippen molar-refractivity contribution in [2.75, 3.05) is 0 Å². The molecule has 1 aliphatic rings. The Balaban J connectivity index is 2.07. The molecule has 1 N–H and O–H groups in total. The van der Waals surface area contributed by atoms with Crippen LogP contribution in [0.3, 0.4) is 0 Å². The van der Waals surface area contributed by atoms with Crippen LogP contribution in [0.5, 0.6) is 0 Å². The Kier molecular flexibility index (Phi) is 4.75.